The number of aromatic nitrogens is 1. The number of benzene rings is 1. The zero-order chi connectivity index (χ0) is 20.8. The van der Waals surface area contributed by atoms with Crippen LogP contribution in [0.15, 0.2) is 35.3 Å². The van der Waals surface area contributed by atoms with E-state index in [0.29, 0.717) is 28.8 Å². The average molecular weight is 399 g/mol. The highest BCUT2D eigenvalue weighted by Crippen LogP contribution is 2.22. The summed E-state index contributed by atoms with van der Waals surface area (Å²) in [6.07, 6.45) is 9.05. The van der Waals surface area contributed by atoms with Crippen LogP contribution in [0.4, 0.5) is 0 Å². The number of hydrogen-bond acceptors (Lipinski definition) is 4. The summed E-state index contributed by atoms with van der Waals surface area (Å²) in [6.45, 7) is 3.98. The SMILES string of the molecule is CC(=O)OC[C@@H](C)n1ccc2c(C(=O)NCC3CCCCCC3)cccc2c1=O. The highest BCUT2D eigenvalue weighted by Gasteiger charge is 2.17. The number of ether oxygens (including phenoxy) is 1. The smallest absolute Gasteiger partial charge is 0.302 e. The molecule has 1 amide bonds. The Hall–Kier alpha value is -2.63. The highest BCUT2D eigenvalue weighted by molar-refractivity contribution is 6.06. The van der Waals surface area contributed by atoms with Gasteiger partial charge in [-0.1, -0.05) is 31.7 Å². The van der Waals surface area contributed by atoms with E-state index in [-0.39, 0.29) is 30.1 Å². The van der Waals surface area contributed by atoms with Crippen LogP contribution in [-0.4, -0.2) is 29.6 Å². The van der Waals surface area contributed by atoms with Gasteiger partial charge in [0, 0.05) is 36.0 Å². The first-order valence-electron chi connectivity index (χ1n) is 10.5. The number of hydrogen-bond donors (Lipinski definition) is 1. The van der Waals surface area contributed by atoms with Crippen molar-refractivity contribution in [1.29, 1.82) is 0 Å². The minimum Gasteiger partial charge on any atom is -0.464 e. The number of nitrogens with one attached hydrogen (secondary N) is 1. The minimum absolute atomic E-state index is 0.127. The number of carbonyl (C=O) groups is 2. The molecule has 0 radical (unpaired) electrons. The fourth-order valence-electron chi connectivity index (χ4n) is 4.06. The predicted molar refractivity (Wildman–Crippen MR) is 113 cm³/mol. The standard InChI is InChI=1S/C23H30N2O4/c1-16(15-29-17(2)26)25-13-12-19-20(10-7-11-21(19)23(25)28)22(27)24-14-18-8-5-3-4-6-9-18/h7,10-13,16,18H,3-6,8-9,14-15H2,1-2H3,(H,24,27)/t16-/m1/s1. The van der Waals surface area contributed by atoms with Crippen molar-refractivity contribution < 1.29 is 14.3 Å². The van der Waals surface area contributed by atoms with Gasteiger partial charge in [0.25, 0.3) is 11.5 Å². The number of amides is 1. The van der Waals surface area contributed by atoms with Crippen LogP contribution in [-0.2, 0) is 9.53 Å². The lowest BCUT2D eigenvalue weighted by atomic mass is 10.00. The van der Waals surface area contributed by atoms with Crippen molar-refractivity contribution in [2.24, 2.45) is 5.92 Å². The molecule has 1 N–H and O–H groups in total. The molecular weight excluding hydrogens is 368 g/mol. The molecule has 0 bridgehead atoms. The van der Waals surface area contributed by atoms with Crippen LogP contribution in [0.2, 0.25) is 0 Å². The topological polar surface area (TPSA) is 77.4 Å². The molecule has 1 atom stereocenters. The fraction of sp³-hybridized carbons (Fsp3) is 0.522. The number of carbonyl (C=O) groups excluding carboxylic acids is 2. The van der Waals surface area contributed by atoms with E-state index in [9.17, 15) is 14.4 Å². The van der Waals surface area contributed by atoms with Crippen molar-refractivity contribution in [2.45, 2.75) is 58.4 Å². The molecule has 0 spiro atoms. The average Bonchev–Trinajstić information content (AvgIpc) is 2.99. The van der Waals surface area contributed by atoms with Crippen molar-refractivity contribution >= 4 is 22.6 Å². The molecule has 1 fully saturated rings. The van der Waals surface area contributed by atoms with Crippen molar-refractivity contribution in [3.05, 3.63) is 46.4 Å². The van der Waals surface area contributed by atoms with Gasteiger partial charge in [0.1, 0.15) is 6.61 Å². The van der Waals surface area contributed by atoms with Gasteiger partial charge in [-0.3, -0.25) is 14.4 Å². The highest BCUT2D eigenvalue weighted by atomic mass is 16.5. The van der Waals surface area contributed by atoms with Crippen LogP contribution in [0.5, 0.6) is 0 Å². The summed E-state index contributed by atoms with van der Waals surface area (Å²) in [5.41, 5.74) is 0.327. The summed E-state index contributed by atoms with van der Waals surface area (Å²) in [4.78, 5) is 36.8. The molecule has 156 valence electrons. The molecule has 1 saturated carbocycles. The van der Waals surface area contributed by atoms with Crippen LogP contribution >= 0.6 is 0 Å². The maximum atomic E-state index is 12.9. The monoisotopic (exact) mass is 398 g/mol. The maximum absolute atomic E-state index is 12.9. The molecule has 0 aliphatic heterocycles. The first-order chi connectivity index (χ1) is 14.0. The minimum atomic E-state index is -0.377. The molecule has 6 heteroatoms. The third-order valence-electron chi connectivity index (χ3n) is 5.75. The quantitative estimate of drug-likeness (QED) is 0.593. The second-order valence-corrected chi connectivity index (χ2v) is 8.01. The van der Waals surface area contributed by atoms with Crippen LogP contribution < -0.4 is 10.9 Å². The van der Waals surface area contributed by atoms with Gasteiger partial charge in [0.2, 0.25) is 0 Å². The Bertz CT molecular complexity index is 926. The van der Waals surface area contributed by atoms with Gasteiger partial charge in [-0.15, -0.1) is 0 Å². The lowest BCUT2D eigenvalue weighted by Gasteiger charge is -2.17. The lowest BCUT2D eigenvalue weighted by Crippen LogP contribution is -2.30. The van der Waals surface area contributed by atoms with E-state index in [2.05, 4.69) is 5.32 Å². The third-order valence-corrected chi connectivity index (χ3v) is 5.75. The van der Waals surface area contributed by atoms with Crippen molar-refractivity contribution in [2.75, 3.05) is 13.2 Å². The molecule has 1 aromatic heterocycles. The van der Waals surface area contributed by atoms with E-state index >= 15 is 0 Å². The zero-order valence-electron chi connectivity index (χ0n) is 17.3. The van der Waals surface area contributed by atoms with Crippen LogP contribution in [0.25, 0.3) is 10.8 Å². The van der Waals surface area contributed by atoms with Crippen LogP contribution in [0, 0.1) is 5.92 Å². The van der Waals surface area contributed by atoms with Gasteiger partial charge < -0.3 is 14.6 Å². The predicted octanol–water partition coefficient (Wildman–Crippen LogP) is 3.83. The summed E-state index contributed by atoms with van der Waals surface area (Å²) in [6, 6.07) is 6.74. The van der Waals surface area contributed by atoms with E-state index in [4.69, 9.17) is 4.74 Å². The molecule has 2 aromatic rings. The molecule has 1 aliphatic carbocycles. The Morgan fingerprint density at radius 3 is 2.55 bits per heavy atom. The lowest BCUT2D eigenvalue weighted by molar-refractivity contribution is -0.141. The summed E-state index contributed by atoms with van der Waals surface area (Å²) in [5, 5.41) is 4.21. The van der Waals surface area contributed by atoms with E-state index in [1.807, 2.05) is 6.92 Å². The molecule has 6 nitrogen and oxygen atoms in total. The first-order valence-corrected chi connectivity index (χ1v) is 10.5. The number of esters is 1. The zero-order valence-corrected chi connectivity index (χ0v) is 17.3. The molecule has 1 aliphatic rings. The number of nitrogens with zero attached hydrogens (tertiary/aromatic N) is 1. The van der Waals surface area contributed by atoms with Crippen LogP contribution in [0.1, 0.15) is 68.8 Å². The Kier molecular flexibility index (Phi) is 7.07. The van der Waals surface area contributed by atoms with Gasteiger partial charge in [-0.2, -0.15) is 0 Å². The Morgan fingerprint density at radius 1 is 1.14 bits per heavy atom. The molecular formula is C23H30N2O4. The van der Waals surface area contributed by atoms with Gasteiger partial charge >= 0.3 is 5.97 Å². The Labute approximate surface area is 171 Å². The first kappa shape index (κ1) is 21.1. The van der Waals surface area contributed by atoms with Crippen molar-refractivity contribution in [3.8, 4) is 0 Å². The molecule has 29 heavy (non-hydrogen) atoms. The molecule has 1 aromatic carbocycles. The summed E-state index contributed by atoms with van der Waals surface area (Å²) in [5.74, 6) is 0.0269. The van der Waals surface area contributed by atoms with Gasteiger partial charge in [-0.25, -0.2) is 0 Å². The second kappa shape index (κ2) is 9.72. The van der Waals surface area contributed by atoms with Crippen LogP contribution in [0.3, 0.4) is 0 Å². The number of fused-ring (bicyclic) bond motifs is 1. The summed E-state index contributed by atoms with van der Waals surface area (Å²) in [7, 11) is 0. The Balaban J connectivity index is 1.78. The molecule has 0 unspecified atom stereocenters. The normalized spacial score (nSPS) is 16.2. The third kappa shape index (κ3) is 5.25. The fourth-order valence-corrected chi connectivity index (χ4v) is 4.06. The number of pyridine rings is 1. The molecule has 0 saturated heterocycles. The summed E-state index contributed by atoms with van der Waals surface area (Å²) >= 11 is 0. The Morgan fingerprint density at radius 2 is 1.86 bits per heavy atom. The molecule has 3 rings (SSSR count). The molecule has 1 heterocycles. The van der Waals surface area contributed by atoms with Crippen molar-refractivity contribution in [1.82, 2.24) is 9.88 Å². The van der Waals surface area contributed by atoms with E-state index in [1.165, 1.54) is 45.4 Å². The van der Waals surface area contributed by atoms with Gasteiger partial charge in [-0.05, 0) is 43.9 Å². The number of rotatable bonds is 6. The largest absolute Gasteiger partial charge is 0.464 e. The second-order valence-electron chi connectivity index (χ2n) is 8.01. The van der Waals surface area contributed by atoms with Gasteiger partial charge in [0.15, 0.2) is 0 Å². The van der Waals surface area contributed by atoms with E-state index in [1.54, 1.807) is 35.0 Å². The van der Waals surface area contributed by atoms with E-state index in [0.717, 1.165) is 0 Å². The van der Waals surface area contributed by atoms with E-state index < -0.39 is 0 Å². The van der Waals surface area contributed by atoms with Crippen molar-refractivity contribution in [3.63, 3.8) is 0 Å². The maximum Gasteiger partial charge on any atom is 0.302 e. The van der Waals surface area contributed by atoms with Gasteiger partial charge in [0.05, 0.1) is 6.04 Å². The summed E-state index contributed by atoms with van der Waals surface area (Å²) < 4.78 is 6.56.